The van der Waals surface area contributed by atoms with Crippen molar-refractivity contribution >= 4 is 37.6 Å². The average molecular weight is 346 g/mol. The maximum Gasteiger partial charge on any atom is 0.268 e. The van der Waals surface area contributed by atoms with Crippen molar-refractivity contribution in [3.8, 4) is 0 Å². The van der Waals surface area contributed by atoms with Gasteiger partial charge in [0.1, 0.15) is 0 Å². The molecule has 2 rings (SSSR count). The van der Waals surface area contributed by atoms with E-state index in [1.54, 1.807) is 26.1 Å². The Kier molecular flexibility index (Phi) is 3.50. The van der Waals surface area contributed by atoms with Crippen LogP contribution in [0, 0.1) is 6.92 Å². The van der Waals surface area contributed by atoms with Crippen LogP contribution in [0.5, 0.6) is 0 Å². The number of hydrogen-bond acceptors (Lipinski definition) is 5. The van der Waals surface area contributed by atoms with E-state index in [1.165, 1.54) is 10.9 Å². The Morgan fingerprint density at radius 2 is 2.16 bits per heavy atom. The van der Waals surface area contributed by atoms with Crippen LogP contribution in [0.2, 0.25) is 0 Å². The summed E-state index contributed by atoms with van der Waals surface area (Å²) in [5.41, 5.74) is 6.09. The second-order valence-corrected chi connectivity index (χ2v) is 6.34. The van der Waals surface area contributed by atoms with Crippen LogP contribution in [0.1, 0.15) is 5.69 Å². The van der Waals surface area contributed by atoms with Gasteiger partial charge in [-0.25, -0.2) is 13.4 Å². The van der Waals surface area contributed by atoms with E-state index in [2.05, 4.69) is 30.7 Å². The molecule has 0 aromatic carbocycles. The van der Waals surface area contributed by atoms with Crippen molar-refractivity contribution in [2.24, 2.45) is 7.05 Å². The monoisotopic (exact) mass is 345 g/mol. The molecule has 0 bridgehead atoms. The fourth-order valence-electron chi connectivity index (χ4n) is 1.59. The fraction of sp³-hybridized carbons (Fsp3) is 0.200. The minimum Gasteiger partial charge on any atom is -0.381 e. The molecule has 2 aromatic heterocycles. The number of aromatic nitrogens is 3. The van der Waals surface area contributed by atoms with Crippen LogP contribution in [0.25, 0.3) is 0 Å². The zero-order valence-corrected chi connectivity index (χ0v) is 12.7. The van der Waals surface area contributed by atoms with E-state index in [1.807, 2.05) is 0 Å². The third-order valence-corrected chi connectivity index (χ3v) is 4.71. The molecule has 0 fully saturated rings. The molecule has 3 N–H and O–H groups in total. The maximum absolute atomic E-state index is 12.3. The van der Waals surface area contributed by atoms with E-state index in [0.29, 0.717) is 10.2 Å². The molecule has 9 heteroatoms. The maximum atomic E-state index is 12.3. The van der Waals surface area contributed by atoms with Gasteiger partial charge in [-0.2, -0.15) is 5.10 Å². The molecule has 0 unspecified atom stereocenters. The highest BCUT2D eigenvalue weighted by atomic mass is 79.9. The highest BCUT2D eigenvalue weighted by Gasteiger charge is 2.25. The number of sulfonamides is 1. The van der Waals surface area contributed by atoms with E-state index in [0.717, 1.165) is 0 Å². The zero-order chi connectivity index (χ0) is 14.2. The number of nitrogens with zero attached hydrogens (tertiary/aromatic N) is 3. The summed E-state index contributed by atoms with van der Waals surface area (Å²) in [7, 11) is -2.20. The first kappa shape index (κ1) is 13.8. The molecular formula is C10H12BrN5O2S. The normalized spacial score (nSPS) is 11.5. The fourth-order valence-corrected chi connectivity index (χ4v) is 3.43. The third-order valence-electron chi connectivity index (χ3n) is 2.56. The third kappa shape index (κ3) is 2.56. The summed E-state index contributed by atoms with van der Waals surface area (Å²) in [5.74, 6) is 0.157. The van der Waals surface area contributed by atoms with Crippen molar-refractivity contribution < 1.29 is 8.42 Å². The van der Waals surface area contributed by atoms with Gasteiger partial charge in [0.05, 0.1) is 10.2 Å². The Balaban J connectivity index is 2.47. The number of rotatable bonds is 3. The molecule has 0 radical (unpaired) electrons. The number of hydrogen-bond donors (Lipinski definition) is 2. The van der Waals surface area contributed by atoms with Gasteiger partial charge < -0.3 is 5.73 Å². The topological polar surface area (TPSA) is 103 Å². The number of nitrogens with one attached hydrogen (secondary N) is 1. The largest absolute Gasteiger partial charge is 0.381 e. The minimum atomic E-state index is -3.83. The van der Waals surface area contributed by atoms with Crippen LogP contribution in [0.4, 0.5) is 11.6 Å². The lowest BCUT2D eigenvalue weighted by Gasteiger charge is -2.08. The summed E-state index contributed by atoms with van der Waals surface area (Å²) < 4.78 is 28.9. The molecule has 2 aromatic rings. The van der Waals surface area contributed by atoms with E-state index in [9.17, 15) is 8.42 Å². The molecule has 7 nitrogen and oxygen atoms in total. The van der Waals surface area contributed by atoms with Crippen molar-refractivity contribution in [3.05, 3.63) is 28.5 Å². The number of anilines is 2. The van der Waals surface area contributed by atoms with Gasteiger partial charge in [0, 0.05) is 13.2 Å². The number of pyridine rings is 1. The van der Waals surface area contributed by atoms with Crippen molar-refractivity contribution in [1.29, 1.82) is 0 Å². The number of nitrogens with two attached hydrogens (primary N) is 1. The van der Waals surface area contributed by atoms with Gasteiger partial charge in [0.15, 0.2) is 16.5 Å². The second-order valence-electron chi connectivity index (χ2n) is 3.86. The number of halogens is 1. The lowest BCUT2D eigenvalue weighted by molar-refractivity contribution is 0.600. The first-order valence-electron chi connectivity index (χ1n) is 5.25. The predicted molar refractivity (Wildman–Crippen MR) is 75.1 cm³/mol. The lowest BCUT2D eigenvalue weighted by Crippen LogP contribution is -2.16. The van der Waals surface area contributed by atoms with Crippen LogP contribution in [-0.2, 0) is 17.1 Å². The van der Waals surface area contributed by atoms with Gasteiger partial charge in [-0.15, -0.1) is 0 Å². The molecule has 102 valence electrons. The standard InChI is InChI=1S/C10H12BrN5O2S/c1-6-8(9(12)14-16(6)2)19(17,18)15-10-7(11)4-3-5-13-10/h3-5H,1-2H3,(H2,12,14)(H,13,15). The van der Waals surface area contributed by atoms with Gasteiger partial charge in [0.2, 0.25) is 0 Å². The molecule has 0 aliphatic heterocycles. The Labute approximate surface area is 119 Å². The number of nitrogen functional groups attached to an aromatic ring is 1. The predicted octanol–water partition coefficient (Wildman–Crippen LogP) is 1.27. The smallest absolute Gasteiger partial charge is 0.268 e. The Hall–Kier alpha value is -1.61. The summed E-state index contributed by atoms with van der Waals surface area (Å²) in [4.78, 5) is 3.92. The van der Waals surface area contributed by atoms with Crippen molar-refractivity contribution in [3.63, 3.8) is 0 Å². The summed E-state index contributed by atoms with van der Waals surface area (Å²) in [5, 5.41) is 3.88. The first-order chi connectivity index (χ1) is 8.83. The molecule has 0 aliphatic carbocycles. The molecule has 0 atom stereocenters. The van der Waals surface area contributed by atoms with Crippen LogP contribution in [0.15, 0.2) is 27.7 Å². The van der Waals surface area contributed by atoms with Crippen LogP contribution in [-0.4, -0.2) is 23.2 Å². The summed E-state index contributed by atoms with van der Waals surface area (Å²) in [6, 6.07) is 3.37. The highest BCUT2D eigenvalue weighted by molar-refractivity contribution is 9.10. The average Bonchev–Trinajstić information content (AvgIpc) is 2.56. The molecule has 0 aliphatic rings. The second kappa shape index (κ2) is 4.82. The van der Waals surface area contributed by atoms with E-state index < -0.39 is 10.0 Å². The summed E-state index contributed by atoms with van der Waals surface area (Å²) in [6.07, 6.45) is 1.49. The Morgan fingerprint density at radius 1 is 1.47 bits per heavy atom. The number of aryl methyl sites for hydroxylation is 1. The van der Waals surface area contributed by atoms with Crippen LogP contribution < -0.4 is 10.5 Å². The van der Waals surface area contributed by atoms with E-state index in [4.69, 9.17) is 5.73 Å². The summed E-state index contributed by atoms with van der Waals surface area (Å²) in [6.45, 7) is 1.63. The molecule has 0 saturated carbocycles. The van der Waals surface area contributed by atoms with Crippen molar-refractivity contribution in [1.82, 2.24) is 14.8 Å². The van der Waals surface area contributed by atoms with Crippen molar-refractivity contribution in [2.45, 2.75) is 11.8 Å². The lowest BCUT2D eigenvalue weighted by atomic mass is 10.5. The van der Waals surface area contributed by atoms with Crippen molar-refractivity contribution in [2.75, 3.05) is 10.5 Å². The summed E-state index contributed by atoms with van der Waals surface area (Å²) >= 11 is 3.22. The van der Waals surface area contributed by atoms with E-state index in [-0.39, 0.29) is 16.5 Å². The van der Waals surface area contributed by atoms with Crippen LogP contribution in [0.3, 0.4) is 0 Å². The van der Waals surface area contributed by atoms with Gasteiger partial charge in [-0.3, -0.25) is 9.40 Å². The quantitative estimate of drug-likeness (QED) is 0.871. The van der Waals surface area contributed by atoms with Gasteiger partial charge in [-0.05, 0) is 35.0 Å². The molecule has 0 amide bonds. The SMILES string of the molecule is Cc1c(S(=O)(=O)Nc2ncccc2Br)c(N)nn1C. The van der Waals surface area contributed by atoms with Gasteiger partial charge >= 0.3 is 0 Å². The zero-order valence-electron chi connectivity index (χ0n) is 10.3. The molecule has 19 heavy (non-hydrogen) atoms. The molecule has 0 spiro atoms. The molecular weight excluding hydrogens is 334 g/mol. The van der Waals surface area contributed by atoms with Crippen LogP contribution >= 0.6 is 15.9 Å². The first-order valence-corrected chi connectivity index (χ1v) is 7.53. The van der Waals surface area contributed by atoms with Gasteiger partial charge in [0.25, 0.3) is 10.0 Å². The van der Waals surface area contributed by atoms with Gasteiger partial charge in [-0.1, -0.05) is 0 Å². The Bertz CT molecular complexity index is 726. The van der Waals surface area contributed by atoms with E-state index >= 15 is 0 Å². The molecule has 2 heterocycles. The minimum absolute atomic E-state index is 0.0347. The molecule has 0 saturated heterocycles. The Morgan fingerprint density at radius 3 is 2.68 bits per heavy atom. The highest BCUT2D eigenvalue weighted by Crippen LogP contribution is 2.26.